The van der Waals surface area contributed by atoms with Crippen LogP contribution in [-0.4, -0.2) is 5.11 Å². The highest BCUT2D eigenvalue weighted by Crippen LogP contribution is 2.32. The Balaban J connectivity index is 1.91. The summed E-state index contributed by atoms with van der Waals surface area (Å²) in [7, 11) is 0. The van der Waals surface area contributed by atoms with E-state index in [9.17, 15) is 9.50 Å². The van der Waals surface area contributed by atoms with Crippen molar-refractivity contribution in [3.05, 3.63) is 72.0 Å². The van der Waals surface area contributed by atoms with Crippen molar-refractivity contribution in [3.8, 4) is 0 Å². The lowest BCUT2D eigenvalue weighted by molar-refractivity contribution is 0.198. The molecule has 0 amide bonds. The molecule has 0 aliphatic rings. The van der Waals surface area contributed by atoms with Crippen LogP contribution in [0.4, 0.5) is 4.39 Å². The van der Waals surface area contributed by atoms with Crippen LogP contribution in [0.25, 0.3) is 10.8 Å². The van der Waals surface area contributed by atoms with Crippen molar-refractivity contribution in [3.63, 3.8) is 0 Å². The second-order valence-electron chi connectivity index (χ2n) is 4.98. The Morgan fingerprint density at radius 1 is 0.952 bits per heavy atom. The molecule has 1 atom stereocenters. The molecular formula is C18H15FOS. The molecule has 0 aliphatic carbocycles. The predicted octanol–water partition coefficient (Wildman–Crippen LogP) is 5.18. The van der Waals surface area contributed by atoms with Crippen LogP contribution in [0.3, 0.4) is 0 Å². The molecule has 0 saturated carbocycles. The van der Waals surface area contributed by atoms with Gasteiger partial charge in [0.05, 0.1) is 6.10 Å². The fourth-order valence-corrected chi connectivity index (χ4v) is 3.09. The lowest BCUT2D eigenvalue weighted by atomic mass is 10.1. The lowest BCUT2D eigenvalue weighted by Gasteiger charge is -2.08. The number of benzene rings is 3. The molecule has 0 saturated heterocycles. The fraction of sp³-hybridized carbons (Fsp3) is 0.111. The second-order valence-corrected chi connectivity index (χ2v) is 6.09. The van der Waals surface area contributed by atoms with E-state index < -0.39 is 6.10 Å². The molecule has 0 bridgehead atoms. The third-order valence-electron chi connectivity index (χ3n) is 3.39. The standard InChI is InChI=1S/C18H15FOS/c1-12(20)14-7-9-18(17(19)11-14)21-16-8-6-13-4-2-3-5-15(13)10-16/h2-12,20H,1H3. The first-order valence-corrected chi connectivity index (χ1v) is 7.59. The van der Waals surface area contributed by atoms with E-state index in [0.717, 1.165) is 10.3 Å². The summed E-state index contributed by atoms with van der Waals surface area (Å²) in [4.78, 5) is 1.56. The highest BCUT2D eigenvalue weighted by Gasteiger charge is 2.08. The molecule has 1 N–H and O–H groups in total. The number of rotatable bonds is 3. The minimum Gasteiger partial charge on any atom is -0.389 e. The molecule has 3 heteroatoms. The molecule has 0 radical (unpaired) electrons. The fourth-order valence-electron chi connectivity index (χ4n) is 2.22. The second kappa shape index (κ2) is 5.88. The average Bonchev–Trinajstić information content (AvgIpc) is 2.49. The largest absolute Gasteiger partial charge is 0.389 e. The Labute approximate surface area is 127 Å². The van der Waals surface area contributed by atoms with Crippen LogP contribution in [0, 0.1) is 5.82 Å². The zero-order valence-electron chi connectivity index (χ0n) is 11.6. The van der Waals surface area contributed by atoms with Gasteiger partial charge in [-0.1, -0.05) is 48.2 Å². The molecule has 3 aromatic rings. The molecule has 1 unspecified atom stereocenters. The zero-order chi connectivity index (χ0) is 14.8. The van der Waals surface area contributed by atoms with E-state index in [1.807, 2.05) is 30.3 Å². The lowest BCUT2D eigenvalue weighted by Crippen LogP contribution is -1.92. The monoisotopic (exact) mass is 298 g/mol. The van der Waals surface area contributed by atoms with Crippen molar-refractivity contribution < 1.29 is 9.50 Å². The quantitative estimate of drug-likeness (QED) is 0.718. The molecule has 0 aliphatic heterocycles. The molecule has 21 heavy (non-hydrogen) atoms. The van der Waals surface area contributed by atoms with Crippen LogP contribution in [-0.2, 0) is 0 Å². The van der Waals surface area contributed by atoms with Gasteiger partial charge >= 0.3 is 0 Å². The van der Waals surface area contributed by atoms with Crippen molar-refractivity contribution in [2.45, 2.75) is 22.8 Å². The molecule has 3 aromatic carbocycles. The van der Waals surface area contributed by atoms with E-state index in [4.69, 9.17) is 0 Å². The van der Waals surface area contributed by atoms with Crippen LogP contribution in [0.1, 0.15) is 18.6 Å². The molecule has 0 aromatic heterocycles. The van der Waals surface area contributed by atoms with E-state index in [-0.39, 0.29) is 5.82 Å². The summed E-state index contributed by atoms with van der Waals surface area (Å²) >= 11 is 1.39. The van der Waals surface area contributed by atoms with E-state index in [2.05, 4.69) is 12.1 Å². The van der Waals surface area contributed by atoms with Crippen LogP contribution in [0.15, 0.2) is 70.5 Å². The minimum atomic E-state index is -0.654. The van der Waals surface area contributed by atoms with Gasteiger partial charge in [0.15, 0.2) is 0 Å². The van der Waals surface area contributed by atoms with Crippen molar-refractivity contribution in [2.24, 2.45) is 0 Å². The molecule has 1 nitrogen and oxygen atoms in total. The average molecular weight is 298 g/mol. The topological polar surface area (TPSA) is 20.2 Å². The first kappa shape index (κ1) is 14.1. The molecular weight excluding hydrogens is 283 g/mol. The van der Waals surface area contributed by atoms with Gasteiger partial charge in [0, 0.05) is 9.79 Å². The Morgan fingerprint density at radius 2 is 1.71 bits per heavy atom. The predicted molar refractivity (Wildman–Crippen MR) is 85.1 cm³/mol. The first-order valence-electron chi connectivity index (χ1n) is 6.77. The van der Waals surface area contributed by atoms with Crippen molar-refractivity contribution in [2.75, 3.05) is 0 Å². The van der Waals surface area contributed by atoms with Gasteiger partial charge in [-0.3, -0.25) is 0 Å². The summed E-state index contributed by atoms with van der Waals surface area (Å²) < 4.78 is 14.1. The first-order chi connectivity index (χ1) is 10.1. The van der Waals surface area contributed by atoms with E-state index in [1.54, 1.807) is 19.1 Å². The molecule has 3 rings (SSSR count). The van der Waals surface area contributed by atoms with Gasteiger partial charge in [0.2, 0.25) is 0 Å². The number of fused-ring (bicyclic) bond motifs is 1. The van der Waals surface area contributed by atoms with Gasteiger partial charge < -0.3 is 5.11 Å². The number of aliphatic hydroxyl groups excluding tert-OH is 1. The van der Waals surface area contributed by atoms with Crippen molar-refractivity contribution in [1.82, 2.24) is 0 Å². The smallest absolute Gasteiger partial charge is 0.137 e. The molecule has 0 spiro atoms. The minimum absolute atomic E-state index is 0.299. The molecule has 0 heterocycles. The van der Waals surface area contributed by atoms with Crippen LogP contribution in [0.5, 0.6) is 0 Å². The van der Waals surface area contributed by atoms with E-state index >= 15 is 0 Å². The molecule has 0 fully saturated rings. The summed E-state index contributed by atoms with van der Waals surface area (Å²) in [5.41, 5.74) is 0.593. The Kier molecular flexibility index (Phi) is 3.95. The van der Waals surface area contributed by atoms with Crippen LogP contribution in [0.2, 0.25) is 0 Å². The van der Waals surface area contributed by atoms with Gasteiger partial charge in [-0.15, -0.1) is 0 Å². The number of hydrogen-bond donors (Lipinski definition) is 1. The Bertz CT molecular complexity index is 783. The summed E-state index contributed by atoms with van der Waals surface area (Å²) in [6.45, 7) is 1.63. The third kappa shape index (κ3) is 3.09. The van der Waals surface area contributed by atoms with E-state index in [0.29, 0.717) is 10.5 Å². The normalized spacial score (nSPS) is 12.5. The highest BCUT2D eigenvalue weighted by molar-refractivity contribution is 7.99. The summed E-state index contributed by atoms with van der Waals surface area (Å²) in [6.07, 6.45) is -0.654. The maximum absolute atomic E-state index is 14.1. The van der Waals surface area contributed by atoms with E-state index in [1.165, 1.54) is 23.2 Å². The van der Waals surface area contributed by atoms with Crippen molar-refractivity contribution in [1.29, 1.82) is 0 Å². The highest BCUT2D eigenvalue weighted by atomic mass is 32.2. The number of hydrogen-bond acceptors (Lipinski definition) is 2. The Morgan fingerprint density at radius 3 is 2.43 bits per heavy atom. The van der Waals surface area contributed by atoms with Gasteiger partial charge in [-0.25, -0.2) is 4.39 Å². The third-order valence-corrected chi connectivity index (χ3v) is 4.43. The van der Waals surface area contributed by atoms with Gasteiger partial charge in [0.25, 0.3) is 0 Å². The number of halogens is 1. The van der Waals surface area contributed by atoms with Gasteiger partial charge in [0.1, 0.15) is 5.82 Å². The zero-order valence-corrected chi connectivity index (χ0v) is 12.4. The Hall–Kier alpha value is -1.84. The summed E-state index contributed by atoms with van der Waals surface area (Å²) in [6, 6.07) is 19.1. The number of aliphatic hydroxyl groups is 1. The SMILES string of the molecule is CC(O)c1ccc(Sc2ccc3ccccc3c2)c(F)c1. The van der Waals surface area contributed by atoms with Gasteiger partial charge in [-0.2, -0.15) is 0 Å². The van der Waals surface area contributed by atoms with Gasteiger partial charge in [-0.05, 0) is 47.5 Å². The maximum Gasteiger partial charge on any atom is 0.137 e. The summed E-state index contributed by atoms with van der Waals surface area (Å²) in [5, 5.41) is 11.8. The summed E-state index contributed by atoms with van der Waals surface area (Å²) in [5.74, 6) is -0.299. The van der Waals surface area contributed by atoms with Crippen LogP contribution >= 0.6 is 11.8 Å². The van der Waals surface area contributed by atoms with Crippen LogP contribution < -0.4 is 0 Å². The molecule has 106 valence electrons. The maximum atomic E-state index is 14.1. The van der Waals surface area contributed by atoms with Crippen molar-refractivity contribution >= 4 is 22.5 Å².